The summed E-state index contributed by atoms with van der Waals surface area (Å²) in [6.07, 6.45) is 0. The third kappa shape index (κ3) is 1.72. The fraction of sp³-hybridized carbons (Fsp3) is 0.133. The van der Waals surface area contributed by atoms with Crippen LogP contribution in [0.5, 0.6) is 5.75 Å². The number of benzene rings is 2. The second-order valence-electron chi connectivity index (χ2n) is 4.24. The van der Waals surface area contributed by atoms with Crippen molar-refractivity contribution in [3.8, 4) is 5.75 Å². The molecule has 1 aromatic heterocycles. The van der Waals surface area contributed by atoms with Crippen molar-refractivity contribution in [2.75, 3.05) is 7.11 Å². The van der Waals surface area contributed by atoms with E-state index in [2.05, 4.69) is 36.2 Å². The van der Waals surface area contributed by atoms with Crippen molar-refractivity contribution < 1.29 is 4.74 Å². The predicted octanol–water partition coefficient (Wildman–Crippen LogP) is 3.71. The van der Waals surface area contributed by atoms with E-state index < -0.39 is 0 Å². The Labute approximate surface area is 99.9 Å². The van der Waals surface area contributed by atoms with Crippen LogP contribution in [0.1, 0.15) is 5.56 Å². The summed E-state index contributed by atoms with van der Waals surface area (Å²) in [4.78, 5) is 4.64. The summed E-state index contributed by atoms with van der Waals surface area (Å²) >= 11 is 0. The SMILES string of the molecule is COc1ccc2nc3ccc(C)cc3cc2c1. The Morgan fingerprint density at radius 1 is 0.882 bits per heavy atom. The van der Waals surface area contributed by atoms with Crippen LogP contribution in [0.25, 0.3) is 21.8 Å². The van der Waals surface area contributed by atoms with Gasteiger partial charge in [0.25, 0.3) is 0 Å². The summed E-state index contributed by atoms with van der Waals surface area (Å²) in [6.45, 7) is 2.09. The quantitative estimate of drug-likeness (QED) is 0.587. The minimum atomic E-state index is 0.867. The molecule has 0 saturated heterocycles. The Kier molecular flexibility index (Phi) is 2.22. The molecule has 0 aliphatic heterocycles. The minimum Gasteiger partial charge on any atom is -0.497 e. The Morgan fingerprint density at radius 2 is 1.59 bits per heavy atom. The van der Waals surface area contributed by atoms with Crippen LogP contribution in [0, 0.1) is 6.92 Å². The first kappa shape index (κ1) is 10.1. The van der Waals surface area contributed by atoms with Gasteiger partial charge in [-0.1, -0.05) is 11.6 Å². The number of pyridine rings is 1. The molecule has 1 heterocycles. The van der Waals surface area contributed by atoms with Gasteiger partial charge in [-0.25, -0.2) is 4.98 Å². The van der Waals surface area contributed by atoms with E-state index in [-0.39, 0.29) is 0 Å². The molecule has 2 aromatic carbocycles. The van der Waals surface area contributed by atoms with Crippen molar-refractivity contribution in [1.29, 1.82) is 0 Å². The van der Waals surface area contributed by atoms with E-state index >= 15 is 0 Å². The second kappa shape index (κ2) is 3.74. The number of hydrogen-bond acceptors (Lipinski definition) is 2. The molecule has 0 atom stereocenters. The summed E-state index contributed by atoms with van der Waals surface area (Å²) in [7, 11) is 1.68. The highest BCUT2D eigenvalue weighted by molar-refractivity contribution is 5.93. The zero-order chi connectivity index (χ0) is 11.8. The fourth-order valence-electron chi connectivity index (χ4n) is 2.07. The number of fused-ring (bicyclic) bond motifs is 2. The van der Waals surface area contributed by atoms with Crippen LogP contribution in [-0.2, 0) is 0 Å². The van der Waals surface area contributed by atoms with E-state index in [0.717, 1.165) is 22.2 Å². The lowest BCUT2D eigenvalue weighted by Crippen LogP contribution is -1.86. The number of ether oxygens (including phenoxy) is 1. The summed E-state index contributed by atoms with van der Waals surface area (Å²) in [5.74, 6) is 0.867. The van der Waals surface area contributed by atoms with Crippen molar-refractivity contribution in [3.05, 3.63) is 48.0 Å². The van der Waals surface area contributed by atoms with Gasteiger partial charge in [0, 0.05) is 10.8 Å². The van der Waals surface area contributed by atoms with E-state index in [0.29, 0.717) is 0 Å². The van der Waals surface area contributed by atoms with Gasteiger partial charge in [0.2, 0.25) is 0 Å². The molecule has 0 saturated carbocycles. The summed E-state index contributed by atoms with van der Waals surface area (Å²) < 4.78 is 5.23. The number of methoxy groups -OCH3 is 1. The first-order valence-electron chi connectivity index (χ1n) is 5.61. The zero-order valence-electron chi connectivity index (χ0n) is 9.90. The van der Waals surface area contributed by atoms with Gasteiger partial charge in [-0.3, -0.25) is 0 Å². The highest BCUT2D eigenvalue weighted by atomic mass is 16.5. The Balaban J connectivity index is 2.36. The molecule has 84 valence electrons. The third-order valence-corrected chi connectivity index (χ3v) is 2.97. The topological polar surface area (TPSA) is 22.1 Å². The van der Waals surface area contributed by atoms with Crippen molar-refractivity contribution in [1.82, 2.24) is 4.98 Å². The average molecular weight is 223 g/mol. The largest absolute Gasteiger partial charge is 0.497 e. The number of hydrogen-bond donors (Lipinski definition) is 0. The lowest BCUT2D eigenvalue weighted by Gasteiger charge is -2.04. The van der Waals surface area contributed by atoms with Gasteiger partial charge < -0.3 is 4.74 Å². The van der Waals surface area contributed by atoms with Gasteiger partial charge in [-0.2, -0.15) is 0 Å². The minimum absolute atomic E-state index is 0.867. The van der Waals surface area contributed by atoms with Gasteiger partial charge in [-0.05, 0) is 43.3 Å². The smallest absolute Gasteiger partial charge is 0.119 e. The maximum absolute atomic E-state index is 5.23. The summed E-state index contributed by atoms with van der Waals surface area (Å²) in [5.41, 5.74) is 3.29. The van der Waals surface area contributed by atoms with Crippen LogP contribution < -0.4 is 4.74 Å². The monoisotopic (exact) mass is 223 g/mol. The van der Waals surface area contributed by atoms with Crippen LogP contribution in [0.15, 0.2) is 42.5 Å². The fourth-order valence-corrected chi connectivity index (χ4v) is 2.07. The van der Waals surface area contributed by atoms with Crippen LogP contribution in [0.3, 0.4) is 0 Å². The van der Waals surface area contributed by atoms with E-state index in [1.54, 1.807) is 7.11 Å². The average Bonchev–Trinajstić information content (AvgIpc) is 2.35. The molecule has 0 amide bonds. The van der Waals surface area contributed by atoms with Gasteiger partial charge >= 0.3 is 0 Å². The molecular weight excluding hydrogens is 210 g/mol. The van der Waals surface area contributed by atoms with Crippen molar-refractivity contribution in [2.45, 2.75) is 6.92 Å². The lowest BCUT2D eigenvalue weighted by molar-refractivity contribution is 0.415. The second-order valence-corrected chi connectivity index (χ2v) is 4.24. The molecule has 3 aromatic rings. The molecular formula is C15H13NO. The molecule has 17 heavy (non-hydrogen) atoms. The van der Waals surface area contributed by atoms with Crippen LogP contribution >= 0.6 is 0 Å². The molecule has 0 aliphatic carbocycles. The summed E-state index contributed by atoms with van der Waals surface area (Å²) in [5, 5.41) is 2.29. The van der Waals surface area contributed by atoms with E-state index in [1.807, 2.05) is 18.2 Å². The Hall–Kier alpha value is -2.09. The number of rotatable bonds is 1. The molecule has 0 N–H and O–H groups in total. The van der Waals surface area contributed by atoms with Gasteiger partial charge in [0.1, 0.15) is 5.75 Å². The van der Waals surface area contributed by atoms with E-state index in [1.165, 1.54) is 10.9 Å². The van der Waals surface area contributed by atoms with Crippen LogP contribution in [0.4, 0.5) is 0 Å². The lowest BCUT2D eigenvalue weighted by atomic mass is 10.1. The standard InChI is InChI=1S/C15H13NO/c1-10-3-5-14-11(7-10)8-12-9-13(17-2)4-6-15(12)16-14/h3-9H,1-2H3. The van der Waals surface area contributed by atoms with Crippen molar-refractivity contribution in [3.63, 3.8) is 0 Å². The van der Waals surface area contributed by atoms with Gasteiger partial charge in [0.05, 0.1) is 18.1 Å². The molecule has 0 aliphatic rings. The molecule has 2 nitrogen and oxygen atoms in total. The molecule has 2 heteroatoms. The highest BCUT2D eigenvalue weighted by Crippen LogP contribution is 2.24. The van der Waals surface area contributed by atoms with Gasteiger partial charge in [-0.15, -0.1) is 0 Å². The highest BCUT2D eigenvalue weighted by Gasteiger charge is 2.01. The maximum atomic E-state index is 5.23. The van der Waals surface area contributed by atoms with E-state index in [9.17, 15) is 0 Å². The number of aromatic nitrogens is 1. The normalized spacial score (nSPS) is 10.9. The molecule has 0 fully saturated rings. The molecule has 0 bridgehead atoms. The number of aryl methyl sites for hydroxylation is 1. The zero-order valence-corrected chi connectivity index (χ0v) is 9.90. The molecule has 0 spiro atoms. The third-order valence-electron chi connectivity index (χ3n) is 2.97. The predicted molar refractivity (Wildman–Crippen MR) is 70.5 cm³/mol. The molecule has 3 rings (SSSR count). The number of nitrogens with zero attached hydrogens (tertiary/aromatic N) is 1. The van der Waals surface area contributed by atoms with Gasteiger partial charge in [0.15, 0.2) is 0 Å². The summed E-state index contributed by atoms with van der Waals surface area (Å²) in [6, 6.07) is 14.4. The Bertz CT molecular complexity index is 704. The first-order chi connectivity index (χ1) is 8.26. The van der Waals surface area contributed by atoms with Crippen LogP contribution in [-0.4, -0.2) is 12.1 Å². The first-order valence-corrected chi connectivity index (χ1v) is 5.61. The molecule has 0 radical (unpaired) electrons. The van der Waals surface area contributed by atoms with E-state index in [4.69, 9.17) is 4.74 Å². The Morgan fingerprint density at radius 3 is 2.35 bits per heavy atom. The van der Waals surface area contributed by atoms with Crippen molar-refractivity contribution in [2.24, 2.45) is 0 Å². The molecule has 0 unspecified atom stereocenters. The van der Waals surface area contributed by atoms with Crippen molar-refractivity contribution >= 4 is 21.8 Å². The maximum Gasteiger partial charge on any atom is 0.119 e. The van der Waals surface area contributed by atoms with Crippen LogP contribution in [0.2, 0.25) is 0 Å².